The molecule has 3 rings (SSSR count). The van der Waals surface area contributed by atoms with E-state index in [9.17, 15) is 19.1 Å². The summed E-state index contributed by atoms with van der Waals surface area (Å²) in [4.78, 5) is 24.2. The second-order valence-corrected chi connectivity index (χ2v) is 7.18. The van der Waals surface area contributed by atoms with Gasteiger partial charge in [0.1, 0.15) is 11.3 Å². The van der Waals surface area contributed by atoms with Gasteiger partial charge in [-0.1, -0.05) is 24.8 Å². The van der Waals surface area contributed by atoms with E-state index in [-0.39, 0.29) is 28.4 Å². The minimum atomic E-state index is -1.04. The summed E-state index contributed by atoms with van der Waals surface area (Å²) < 4.78 is 19.2. The second kappa shape index (κ2) is 8.37. The van der Waals surface area contributed by atoms with Crippen LogP contribution < -0.4 is 10.7 Å². The molecule has 1 aromatic heterocycles. The van der Waals surface area contributed by atoms with Gasteiger partial charge >= 0.3 is 5.97 Å². The Morgan fingerprint density at radius 3 is 2.63 bits per heavy atom. The molecule has 0 bridgehead atoms. The molecule has 0 radical (unpaired) electrons. The predicted octanol–water partition coefficient (Wildman–Crippen LogP) is 5.86. The SMILES string of the molecule is C=C(/C=C(\C)F)c1cc(=O)c2cc(C)cc(C(C)Nc3ccccc3C(=O)O)c2o1. The van der Waals surface area contributed by atoms with Crippen molar-refractivity contribution in [1.29, 1.82) is 0 Å². The Labute approximate surface area is 173 Å². The first-order chi connectivity index (χ1) is 14.2. The van der Waals surface area contributed by atoms with E-state index in [1.165, 1.54) is 25.1 Å². The van der Waals surface area contributed by atoms with Gasteiger partial charge < -0.3 is 14.8 Å². The van der Waals surface area contributed by atoms with Gasteiger partial charge in [0.05, 0.1) is 22.8 Å². The van der Waals surface area contributed by atoms with Gasteiger partial charge in [0.25, 0.3) is 0 Å². The fraction of sp³-hybridized carbons (Fsp3) is 0.167. The van der Waals surface area contributed by atoms with E-state index in [1.54, 1.807) is 24.3 Å². The number of para-hydroxylation sites is 1. The normalized spacial score (nSPS) is 12.6. The summed E-state index contributed by atoms with van der Waals surface area (Å²) in [5.74, 6) is -1.32. The highest BCUT2D eigenvalue weighted by atomic mass is 19.1. The van der Waals surface area contributed by atoms with Crippen LogP contribution in [0, 0.1) is 6.92 Å². The zero-order chi connectivity index (χ0) is 22.0. The van der Waals surface area contributed by atoms with Gasteiger partial charge in [-0.3, -0.25) is 4.79 Å². The van der Waals surface area contributed by atoms with Crippen LogP contribution in [0.3, 0.4) is 0 Å². The topological polar surface area (TPSA) is 79.5 Å². The minimum absolute atomic E-state index is 0.139. The molecule has 0 aliphatic heterocycles. The average Bonchev–Trinajstić information content (AvgIpc) is 2.67. The van der Waals surface area contributed by atoms with Crippen LogP contribution in [0.2, 0.25) is 0 Å². The van der Waals surface area contributed by atoms with E-state index in [4.69, 9.17) is 4.42 Å². The molecule has 154 valence electrons. The van der Waals surface area contributed by atoms with Gasteiger partial charge in [0.2, 0.25) is 0 Å². The van der Waals surface area contributed by atoms with Crippen molar-refractivity contribution < 1.29 is 18.7 Å². The molecule has 0 spiro atoms. The summed E-state index contributed by atoms with van der Waals surface area (Å²) in [7, 11) is 0. The number of benzene rings is 2. The Morgan fingerprint density at radius 1 is 1.27 bits per heavy atom. The third kappa shape index (κ3) is 4.33. The van der Waals surface area contributed by atoms with Crippen LogP contribution in [0.15, 0.2) is 70.2 Å². The average molecular weight is 407 g/mol. The molecular weight excluding hydrogens is 385 g/mol. The number of anilines is 1. The molecule has 0 aliphatic carbocycles. The Kier molecular flexibility index (Phi) is 5.87. The monoisotopic (exact) mass is 407 g/mol. The van der Waals surface area contributed by atoms with Crippen LogP contribution in [0.1, 0.15) is 47.1 Å². The van der Waals surface area contributed by atoms with Crippen molar-refractivity contribution in [3.63, 3.8) is 0 Å². The smallest absolute Gasteiger partial charge is 0.337 e. The fourth-order valence-corrected chi connectivity index (χ4v) is 3.33. The zero-order valence-corrected chi connectivity index (χ0v) is 17.0. The highest BCUT2D eigenvalue weighted by molar-refractivity contribution is 5.94. The molecule has 6 heteroatoms. The lowest BCUT2D eigenvalue weighted by Crippen LogP contribution is -2.12. The number of nitrogens with one attached hydrogen (secondary N) is 1. The maximum atomic E-state index is 13.3. The molecule has 0 saturated carbocycles. The predicted molar refractivity (Wildman–Crippen MR) is 117 cm³/mol. The highest BCUT2D eigenvalue weighted by Gasteiger charge is 2.18. The molecule has 30 heavy (non-hydrogen) atoms. The van der Waals surface area contributed by atoms with Crippen molar-refractivity contribution in [2.24, 2.45) is 0 Å². The molecule has 2 N–H and O–H groups in total. The van der Waals surface area contributed by atoms with Crippen molar-refractivity contribution in [1.82, 2.24) is 0 Å². The number of hydrogen-bond donors (Lipinski definition) is 2. The molecule has 2 aromatic carbocycles. The molecule has 0 aliphatic rings. The van der Waals surface area contributed by atoms with E-state index in [0.717, 1.165) is 5.56 Å². The van der Waals surface area contributed by atoms with Crippen LogP contribution in [0.25, 0.3) is 16.5 Å². The summed E-state index contributed by atoms with van der Waals surface area (Å²) in [6.45, 7) is 8.77. The Balaban J connectivity index is 2.14. The molecule has 0 saturated heterocycles. The number of carboxylic acids is 1. The van der Waals surface area contributed by atoms with Crippen LogP contribution in [-0.4, -0.2) is 11.1 Å². The van der Waals surface area contributed by atoms with E-state index < -0.39 is 11.8 Å². The first-order valence-electron chi connectivity index (χ1n) is 9.37. The van der Waals surface area contributed by atoms with Crippen LogP contribution >= 0.6 is 0 Å². The number of allylic oxidation sites excluding steroid dienone is 3. The van der Waals surface area contributed by atoms with Crippen LogP contribution in [0.4, 0.5) is 10.1 Å². The molecule has 0 fully saturated rings. The van der Waals surface area contributed by atoms with Crippen molar-refractivity contribution >= 4 is 28.2 Å². The third-order valence-electron chi connectivity index (χ3n) is 4.69. The summed E-state index contributed by atoms with van der Waals surface area (Å²) >= 11 is 0. The Bertz CT molecular complexity index is 1240. The third-order valence-corrected chi connectivity index (χ3v) is 4.69. The van der Waals surface area contributed by atoms with Crippen molar-refractivity contribution in [3.8, 4) is 0 Å². The number of hydrogen-bond acceptors (Lipinski definition) is 4. The molecular formula is C24H22FNO4. The molecule has 0 amide bonds. The summed E-state index contributed by atoms with van der Waals surface area (Å²) in [6.07, 6.45) is 1.20. The second-order valence-electron chi connectivity index (χ2n) is 7.18. The van der Waals surface area contributed by atoms with E-state index in [1.807, 2.05) is 19.9 Å². The zero-order valence-electron chi connectivity index (χ0n) is 17.0. The van der Waals surface area contributed by atoms with Gasteiger partial charge in [0, 0.05) is 22.9 Å². The molecule has 1 heterocycles. The van der Waals surface area contributed by atoms with Crippen LogP contribution in [-0.2, 0) is 0 Å². The molecule has 5 nitrogen and oxygen atoms in total. The van der Waals surface area contributed by atoms with Crippen molar-refractivity contribution in [3.05, 3.63) is 93.6 Å². The van der Waals surface area contributed by atoms with Gasteiger partial charge in [-0.25, -0.2) is 9.18 Å². The number of rotatable bonds is 6. The number of carbonyl (C=O) groups is 1. The van der Waals surface area contributed by atoms with Gasteiger partial charge in [0.15, 0.2) is 5.43 Å². The lowest BCUT2D eigenvalue weighted by Gasteiger charge is -2.19. The first-order valence-corrected chi connectivity index (χ1v) is 9.37. The molecule has 1 atom stereocenters. The van der Waals surface area contributed by atoms with Crippen molar-refractivity contribution in [2.45, 2.75) is 26.8 Å². The van der Waals surface area contributed by atoms with Crippen LogP contribution in [0.5, 0.6) is 0 Å². The first kappa shape index (κ1) is 21.0. The van der Waals surface area contributed by atoms with E-state index in [0.29, 0.717) is 22.2 Å². The Hall–Kier alpha value is -3.67. The lowest BCUT2D eigenvalue weighted by molar-refractivity contribution is 0.0698. The van der Waals surface area contributed by atoms with Crippen molar-refractivity contribution in [2.75, 3.05) is 5.32 Å². The lowest BCUT2D eigenvalue weighted by atomic mass is 10.00. The molecule has 3 aromatic rings. The summed E-state index contributed by atoms with van der Waals surface area (Å²) in [5.41, 5.74) is 2.46. The largest absolute Gasteiger partial charge is 0.478 e. The standard InChI is InChI=1S/C24H22FNO4/c1-13-9-18(16(4)26-20-8-6-5-7-17(20)24(28)29)23-19(10-13)21(27)12-22(30-23)14(2)11-15(3)25/h5-12,16,26H,2H2,1,3-4H3,(H,28,29)/b15-11+. The Morgan fingerprint density at radius 2 is 1.97 bits per heavy atom. The number of aryl methyl sites for hydroxylation is 1. The number of halogens is 1. The summed E-state index contributed by atoms with van der Waals surface area (Å²) in [5, 5.41) is 13.0. The minimum Gasteiger partial charge on any atom is -0.478 e. The van der Waals surface area contributed by atoms with E-state index in [2.05, 4.69) is 11.9 Å². The fourth-order valence-electron chi connectivity index (χ4n) is 3.33. The van der Waals surface area contributed by atoms with E-state index >= 15 is 0 Å². The summed E-state index contributed by atoms with van der Waals surface area (Å²) in [6, 6.07) is 11.1. The number of fused-ring (bicyclic) bond motifs is 1. The number of aromatic carboxylic acids is 1. The quantitative estimate of drug-likeness (QED) is 0.500. The number of carboxylic acid groups (broad SMARTS) is 1. The van der Waals surface area contributed by atoms with Gasteiger partial charge in [-0.15, -0.1) is 0 Å². The highest BCUT2D eigenvalue weighted by Crippen LogP contribution is 2.30. The molecule has 1 unspecified atom stereocenters. The maximum Gasteiger partial charge on any atom is 0.337 e. The van der Waals surface area contributed by atoms with Gasteiger partial charge in [-0.05, 0) is 50.6 Å². The maximum absolute atomic E-state index is 13.3. The van der Waals surface area contributed by atoms with Gasteiger partial charge in [-0.2, -0.15) is 0 Å².